The van der Waals surface area contributed by atoms with Crippen molar-refractivity contribution in [3.8, 4) is 5.88 Å². The quantitative estimate of drug-likeness (QED) is 0.760. The lowest BCUT2D eigenvalue weighted by molar-refractivity contribution is 0.0941. The lowest BCUT2D eigenvalue weighted by atomic mass is 9.98. The van der Waals surface area contributed by atoms with Crippen molar-refractivity contribution in [3.05, 3.63) is 40.8 Å². The molecule has 0 spiro atoms. The molecule has 2 atom stereocenters. The maximum Gasteiger partial charge on any atom is 0.257 e. The van der Waals surface area contributed by atoms with Gasteiger partial charge < -0.3 is 15.8 Å². The Hall–Kier alpha value is -2.61. The third kappa shape index (κ3) is 2.37. The number of methoxy groups -OCH3 is 1. The van der Waals surface area contributed by atoms with Gasteiger partial charge in [0, 0.05) is 16.2 Å². The Bertz CT molecular complexity index is 1170. The fourth-order valence-corrected chi connectivity index (χ4v) is 5.42. The van der Waals surface area contributed by atoms with Gasteiger partial charge in [-0.1, -0.05) is 12.1 Å². The number of sulfone groups is 1. The fraction of sp³-hybridized carbons (Fsp3) is 0.400. The third-order valence-corrected chi connectivity index (χ3v) is 8.31. The van der Waals surface area contributed by atoms with Gasteiger partial charge in [0.2, 0.25) is 5.88 Å². The number of hydrogen-bond acceptors (Lipinski definition) is 6. The van der Waals surface area contributed by atoms with E-state index in [2.05, 4.69) is 10.3 Å². The average molecular weight is 399 g/mol. The summed E-state index contributed by atoms with van der Waals surface area (Å²) < 4.78 is 29.1. The number of aromatic nitrogens is 1. The molecule has 2 saturated carbocycles. The van der Waals surface area contributed by atoms with Crippen LogP contribution in [0.3, 0.4) is 0 Å². The van der Waals surface area contributed by atoms with E-state index >= 15 is 0 Å². The Morgan fingerprint density at radius 1 is 1.36 bits per heavy atom. The van der Waals surface area contributed by atoms with E-state index in [9.17, 15) is 13.2 Å². The molecule has 2 heterocycles. The maximum absolute atomic E-state index is 12.8. The van der Waals surface area contributed by atoms with Crippen LogP contribution in [0, 0.1) is 5.92 Å². The zero-order valence-corrected chi connectivity index (χ0v) is 16.4. The van der Waals surface area contributed by atoms with E-state index in [1.54, 1.807) is 13.0 Å². The molecular weight excluding hydrogens is 378 g/mol. The van der Waals surface area contributed by atoms with Gasteiger partial charge in [0.1, 0.15) is 5.56 Å². The average Bonchev–Trinajstić information content (AvgIpc) is 3.52. The van der Waals surface area contributed by atoms with Crippen molar-refractivity contribution in [1.82, 2.24) is 10.3 Å². The Morgan fingerprint density at radius 2 is 2.07 bits per heavy atom. The number of carbonyl (C=O) groups is 1. The van der Waals surface area contributed by atoms with Gasteiger partial charge in [0.05, 0.1) is 29.6 Å². The number of pyridine rings is 1. The number of benzene rings is 1. The molecular formula is C20H21N3O4S. The number of nitrogens with zero attached hydrogens (tertiary/aromatic N) is 1. The summed E-state index contributed by atoms with van der Waals surface area (Å²) in [5.41, 5.74) is 9.35. The van der Waals surface area contributed by atoms with Gasteiger partial charge in [-0.05, 0) is 43.4 Å². The maximum atomic E-state index is 12.8. The monoisotopic (exact) mass is 399 g/mol. The Kier molecular flexibility index (Phi) is 3.42. The Labute approximate surface area is 162 Å². The minimum Gasteiger partial charge on any atom is -0.480 e. The van der Waals surface area contributed by atoms with Gasteiger partial charge in [-0.2, -0.15) is 0 Å². The van der Waals surface area contributed by atoms with E-state index in [1.165, 1.54) is 26.0 Å². The van der Waals surface area contributed by atoms with Crippen molar-refractivity contribution in [2.45, 2.75) is 36.5 Å². The van der Waals surface area contributed by atoms with E-state index in [0.717, 1.165) is 22.3 Å². The van der Waals surface area contributed by atoms with Crippen LogP contribution in [-0.4, -0.2) is 37.7 Å². The van der Waals surface area contributed by atoms with Crippen LogP contribution in [0.15, 0.2) is 29.7 Å². The van der Waals surface area contributed by atoms with E-state index in [4.69, 9.17) is 10.5 Å². The second kappa shape index (κ2) is 5.47. The molecule has 1 aliphatic heterocycles. The summed E-state index contributed by atoms with van der Waals surface area (Å²) in [4.78, 5) is 17.3. The highest BCUT2D eigenvalue weighted by molar-refractivity contribution is 7.95. The number of nitrogen functional groups attached to an aromatic ring is 1. The van der Waals surface area contributed by atoms with Crippen LogP contribution in [0.1, 0.15) is 35.7 Å². The third-order valence-electron chi connectivity index (χ3n) is 6.45. The van der Waals surface area contributed by atoms with Crippen molar-refractivity contribution in [3.63, 3.8) is 0 Å². The Balaban J connectivity index is 1.51. The van der Waals surface area contributed by atoms with E-state index in [1.807, 2.05) is 12.1 Å². The molecule has 0 radical (unpaired) electrons. The molecule has 2 aliphatic carbocycles. The minimum atomic E-state index is -3.33. The standard InChI is InChI=1S/C20H21N3O4S/c1-10-15(5-6-28(10,25)26)22-18(24)13-7-11-3-4-14(20-8-12(20)9-20)16(21)17(11)23-19(13)27-2/h3-7,10,12,15H,8-9,21H2,1-2H3,(H,22,24)/t10-,12?,15+,20?/m0/s1. The summed E-state index contributed by atoms with van der Waals surface area (Å²) in [6, 6.07) is 5.08. The molecule has 28 heavy (non-hydrogen) atoms. The van der Waals surface area contributed by atoms with Crippen molar-refractivity contribution >= 4 is 32.3 Å². The highest BCUT2D eigenvalue weighted by Crippen LogP contribution is 2.76. The van der Waals surface area contributed by atoms with E-state index < -0.39 is 27.0 Å². The van der Waals surface area contributed by atoms with Gasteiger partial charge >= 0.3 is 0 Å². The second-order valence-corrected chi connectivity index (χ2v) is 10.2. The summed E-state index contributed by atoms with van der Waals surface area (Å²) in [6.07, 6.45) is 3.87. The van der Waals surface area contributed by atoms with E-state index in [-0.39, 0.29) is 16.9 Å². The smallest absolute Gasteiger partial charge is 0.257 e. The number of amides is 1. The molecule has 3 N–H and O–H groups in total. The first-order valence-electron chi connectivity index (χ1n) is 9.27. The molecule has 7 nitrogen and oxygen atoms in total. The Morgan fingerprint density at radius 3 is 2.64 bits per heavy atom. The molecule has 146 valence electrons. The largest absolute Gasteiger partial charge is 0.480 e. The van der Waals surface area contributed by atoms with Gasteiger partial charge in [0.15, 0.2) is 9.84 Å². The van der Waals surface area contributed by atoms with Crippen molar-refractivity contribution in [2.24, 2.45) is 5.92 Å². The first kappa shape index (κ1) is 17.5. The summed E-state index contributed by atoms with van der Waals surface area (Å²) in [5, 5.41) is 3.94. The van der Waals surface area contributed by atoms with Crippen LogP contribution >= 0.6 is 0 Å². The lowest BCUT2D eigenvalue weighted by Gasteiger charge is -2.18. The van der Waals surface area contributed by atoms with Crippen LogP contribution in [0.2, 0.25) is 0 Å². The van der Waals surface area contributed by atoms with Crippen LogP contribution in [-0.2, 0) is 15.3 Å². The zero-order chi connectivity index (χ0) is 19.8. The van der Waals surface area contributed by atoms with Crippen LogP contribution < -0.4 is 15.8 Å². The molecule has 8 heteroatoms. The number of nitrogens with two attached hydrogens (primary N) is 1. The second-order valence-electron chi connectivity index (χ2n) is 8.03. The molecule has 0 unspecified atom stereocenters. The van der Waals surface area contributed by atoms with Gasteiger partial charge in [-0.3, -0.25) is 4.79 Å². The fourth-order valence-electron chi connectivity index (χ4n) is 4.21. The van der Waals surface area contributed by atoms with Gasteiger partial charge in [0.25, 0.3) is 5.91 Å². The summed E-state index contributed by atoms with van der Waals surface area (Å²) in [5.74, 6) is 0.499. The highest BCUT2D eigenvalue weighted by atomic mass is 32.2. The van der Waals surface area contributed by atoms with Crippen LogP contribution in [0.4, 0.5) is 5.69 Å². The molecule has 2 aromatic rings. The topological polar surface area (TPSA) is 111 Å². The number of anilines is 1. The molecule has 5 rings (SSSR count). The van der Waals surface area contributed by atoms with Crippen LogP contribution in [0.25, 0.3) is 10.9 Å². The normalized spacial score (nSPS) is 31.4. The van der Waals surface area contributed by atoms with Crippen molar-refractivity contribution in [1.29, 1.82) is 0 Å². The predicted octanol–water partition coefficient (Wildman–Crippen LogP) is 1.92. The first-order chi connectivity index (χ1) is 13.3. The number of rotatable bonds is 4. The molecule has 1 amide bonds. The van der Waals surface area contributed by atoms with Crippen LogP contribution in [0.5, 0.6) is 5.88 Å². The van der Waals surface area contributed by atoms with E-state index in [0.29, 0.717) is 11.2 Å². The molecule has 1 aromatic heterocycles. The predicted molar refractivity (Wildman–Crippen MR) is 106 cm³/mol. The van der Waals surface area contributed by atoms with Gasteiger partial charge in [-0.15, -0.1) is 0 Å². The SMILES string of the molecule is COc1nc2c(N)c(C34CC3C4)ccc2cc1C(=O)N[C@@H]1C=CS(=O)(=O)[C@H]1C. The number of ether oxygens (including phenoxy) is 1. The summed E-state index contributed by atoms with van der Waals surface area (Å²) in [6.45, 7) is 1.57. The molecule has 0 bridgehead atoms. The van der Waals surface area contributed by atoms with Gasteiger partial charge in [-0.25, -0.2) is 13.4 Å². The van der Waals surface area contributed by atoms with Crippen molar-refractivity contribution in [2.75, 3.05) is 12.8 Å². The number of hydrogen-bond donors (Lipinski definition) is 2. The number of carbonyl (C=O) groups excluding carboxylic acids is 1. The lowest BCUT2D eigenvalue weighted by Crippen LogP contribution is -2.40. The highest BCUT2D eigenvalue weighted by Gasteiger charge is 2.70. The summed E-state index contributed by atoms with van der Waals surface area (Å²) in [7, 11) is -1.88. The number of nitrogens with one attached hydrogen (secondary N) is 1. The first-order valence-corrected chi connectivity index (χ1v) is 10.9. The molecule has 2 fully saturated rings. The molecule has 3 aliphatic rings. The minimum absolute atomic E-state index is 0.173. The molecule has 1 aromatic carbocycles. The van der Waals surface area contributed by atoms with Crippen molar-refractivity contribution < 1.29 is 17.9 Å². The molecule has 0 saturated heterocycles. The zero-order valence-electron chi connectivity index (χ0n) is 15.6. The summed E-state index contributed by atoms with van der Waals surface area (Å²) >= 11 is 0. The number of fused-ring (bicyclic) bond motifs is 2.